The van der Waals surface area contributed by atoms with Crippen LogP contribution in [-0.2, 0) is 11.2 Å². The number of ether oxygens (including phenoxy) is 1. The first kappa shape index (κ1) is 16.7. The van der Waals surface area contributed by atoms with E-state index in [1.54, 1.807) is 0 Å². The number of hydrogen-bond acceptors (Lipinski definition) is 4. The quantitative estimate of drug-likeness (QED) is 0.710. The Morgan fingerprint density at radius 2 is 1.65 bits per heavy atom. The number of hydrogen-bond donors (Lipinski definition) is 0. The summed E-state index contributed by atoms with van der Waals surface area (Å²) >= 11 is 0. The van der Waals surface area contributed by atoms with Crippen LogP contribution in [0.3, 0.4) is 0 Å². The van der Waals surface area contributed by atoms with E-state index in [1.807, 2.05) is 18.2 Å². The summed E-state index contributed by atoms with van der Waals surface area (Å²) in [5, 5.41) is 0. The molecule has 0 radical (unpaired) electrons. The van der Waals surface area contributed by atoms with E-state index in [0.29, 0.717) is 0 Å². The lowest BCUT2D eigenvalue weighted by atomic mass is 10.1. The average molecular weight is 345 g/mol. The van der Waals surface area contributed by atoms with E-state index in [0.717, 1.165) is 61.2 Å². The molecule has 0 atom stereocenters. The molecule has 0 saturated carbocycles. The maximum atomic E-state index is 5.50. The van der Waals surface area contributed by atoms with Gasteiger partial charge in [-0.25, -0.2) is 9.97 Å². The maximum absolute atomic E-state index is 5.50. The van der Waals surface area contributed by atoms with Gasteiger partial charge in [-0.3, -0.25) is 0 Å². The van der Waals surface area contributed by atoms with Gasteiger partial charge in [0, 0.05) is 30.3 Å². The van der Waals surface area contributed by atoms with Crippen LogP contribution in [-0.4, -0.2) is 36.3 Å². The zero-order valence-electron chi connectivity index (χ0n) is 15.1. The Kier molecular flexibility index (Phi) is 4.93. The highest BCUT2D eigenvalue weighted by atomic mass is 16.5. The van der Waals surface area contributed by atoms with Crippen LogP contribution in [0.1, 0.15) is 12.5 Å². The predicted molar refractivity (Wildman–Crippen MR) is 105 cm³/mol. The summed E-state index contributed by atoms with van der Waals surface area (Å²) in [6, 6.07) is 20.9. The first-order valence-corrected chi connectivity index (χ1v) is 9.20. The van der Waals surface area contributed by atoms with Crippen molar-refractivity contribution in [2.24, 2.45) is 0 Å². The lowest BCUT2D eigenvalue weighted by Gasteiger charge is -2.28. The highest BCUT2D eigenvalue weighted by molar-refractivity contribution is 5.68. The van der Waals surface area contributed by atoms with Crippen LogP contribution in [0.2, 0.25) is 0 Å². The third-order valence-electron chi connectivity index (χ3n) is 4.71. The van der Waals surface area contributed by atoms with Crippen molar-refractivity contribution in [3.63, 3.8) is 0 Å². The Hall–Kier alpha value is -2.72. The standard InChI is InChI=1S/C22H23N3O/c1-2-17-7-6-10-19(15-17)22-23-20(18-8-4-3-5-9-18)16-21(24-22)25-11-13-26-14-12-25/h3-10,15-16H,2,11-14H2,1H3. The molecule has 2 aromatic carbocycles. The van der Waals surface area contributed by atoms with Crippen molar-refractivity contribution in [1.29, 1.82) is 0 Å². The number of nitrogens with zero attached hydrogens (tertiary/aromatic N) is 3. The Bertz CT molecular complexity index is 874. The normalized spacial score (nSPS) is 14.4. The Morgan fingerprint density at radius 1 is 0.885 bits per heavy atom. The van der Waals surface area contributed by atoms with Gasteiger partial charge in [-0.15, -0.1) is 0 Å². The first-order chi connectivity index (χ1) is 12.8. The van der Waals surface area contributed by atoms with Gasteiger partial charge in [-0.2, -0.15) is 0 Å². The first-order valence-electron chi connectivity index (χ1n) is 9.20. The topological polar surface area (TPSA) is 38.2 Å². The fourth-order valence-electron chi connectivity index (χ4n) is 3.21. The second-order valence-corrected chi connectivity index (χ2v) is 6.45. The fraction of sp³-hybridized carbons (Fsp3) is 0.273. The van der Waals surface area contributed by atoms with Gasteiger partial charge in [0.2, 0.25) is 0 Å². The molecule has 0 amide bonds. The molecule has 1 fully saturated rings. The molecule has 1 aromatic heterocycles. The summed E-state index contributed by atoms with van der Waals surface area (Å²) in [5.41, 5.74) is 4.43. The number of rotatable bonds is 4. The number of benzene rings is 2. The summed E-state index contributed by atoms with van der Waals surface area (Å²) in [5.74, 6) is 1.75. The molecule has 0 N–H and O–H groups in total. The lowest BCUT2D eigenvalue weighted by Crippen LogP contribution is -2.36. The largest absolute Gasteiger partial charge is 0.378 e. The van der Waals surface area contributed by atoms with Gasteiger partial charge >= 0.3 is 0 Å². The molecule has 1 saturated heterocycles. The van der Waals surface area contributed by atoms with Gasteiger partial charge in [-0.1, -0.05) is 55.5 Å². The SMILES string of the molecule is CCc1cccc(-c2nc(-c3ccccc3)cc(N3CCOCC3)n2)c1. The van der Waals surface area contributed by atoms with Crippen molar-refractivity contribution in [1.82, 2.24) is 9.97 Å². The highest BCUT2D eigenvalue weighted by Crippen LogP contribution is 2.27. The molecule has 4 heteroatoms. The Labute approximate surface area is 154 Å². The van der Waals surface area contributed by atoms with E-state index in [2.05, 4.69) is 54.3 Å². The minimum absolute atomic E-state index is 0.741. The summed E-state index contributed by atoms with van der Waals surface area (Å²) < 4.78 is 5.50. The van der Waals surface area contributed by atoms with Crippen LogP contribution in [0.25, 0.3) is 22.6 Å². The van der Waals surface area contributed by atoms with Crippen molar-refractivity contribution >= 4 is 5.82 Å². The highest BCUT2D eigenvalue weighted by Gasteiger charge is 2.16. The van der Waals surface area contributed by atoms with Crippen LogP contribution >= 0.6 is 0 Å². The van der Waals surface area contributed by atoms with Crippen LogP contribution in [0.15, 0.2) is 60.7 Å². The van der Waals surface area contributed by atoms with Gasteiger partial charge in [0.15, 0.2) is 5.82 Å². The van der Waals surface area contributed by atoms with Crippen LogP contribution in [0, 0.1) is 0 Å². The average Bonchev–Trinajstić information content (AvgIpc) is 2.75. The lowest BCUT2D eigenvalue weighted by molar-refractivity contribution is 0.122. The second kappa shape index (κ2) is 7.67. The van der Waals surface area contributed by atoms with Crippen molar-refractivity contribution < 1.29 is 4.74 Å². The van der Waals surface area contributed by atoms with Gasteiger partial charge in [-0.05, 0) is 18.1 Å². The van der Waals surface area contributed by atoms with E-state index in [4.69, 9.17) is 14.7 Å². The van der Waals surface area contributed by atoms with Crippen molar-refractivity contribution in [2.45, 2.75) is 13.3 Å². The smallest absolute Gasteiger partial charge is 0.162 e. The summed E-state index contributed by atoms with van der Waals surface area (Å²) in [4.78, 5) is 12.0. The molecule has 2 heterocycles. The molecule has 0 bridgehead atoms. The molecule has 4 rings (SSSR count). The van der Waals surface area contributed by atoms with Gasteiger partial charge in [0.1, 0.15) is 5.82 Å². The van der Waals surface area contributed by atoms with Crippen molar-refractivity contribution in [2.75, 3.05) is 31.2 Å². The van der Waals surface area contributed by atoms with E-state index >= 15 is 0 Å². The van der Waals surface area contributed by atoms with Crippen molar-refractivity contribution in [3.8, 4) is 22.6 Å². The van der Waals surface area contributed by atoms with E-state index in [9.17, 15) is 0 Å². The molecule has 3 aromatic rings. The van der Waals surface area contributed by atoms with Gasteiger partial charge < -0.3 is 9.64 Å². The summed E-state index contributed by atoms with van der Waals surface area (Å²) in [6.45, 7) is 5.37. The molecule has 1 aliphatic heterocycles. The molecular formula is C22H23N3O. The van der Waals surface area contributed by atoms with E-state index in [1.165, 1.54) is 5.56 Å². The minimum atomic E-state index is 0.741. The maximum Gasteiger partial charge on any atom is 0.162 e. The molecule has 0 spiro atoms. The molecule has 4 nitrogen and oxygen atoms in total. The molecular weight excluding hydrogens is 322 g/mol. The number of aromatic nitrogens is 2. The minimum Gasteiger partial charge on any atom is -0.378 e. The van der Waals surface area contributed by atoms with Crippen LogP contribution < -0.4 is 4.90 Å². The van der Waals surface area contributed by atoms with Crippen LogP contribution in [0.4, 0.5) is 5.82 Å². The van der Waals surface area contributed by atoms with E-state index < -0.39 is 0 Å². The van der Waals surface area contributed by atoms with E-state index in [-0.39, 0.29) is 0 Å². The van der Waals surface area contributed by atoms with Gasteiger partial charge in [0.25, 0.3) is 0 Å². The van der Waals surface area contributed by atoms with Crippen LogP contribution in [0.5, 0.6) is 0 Å². The molecule has 132 valence electrons. The predicted octanol–water partition coefficient (Wildman–Crippen LogP) is 4.21. The monoisotopic (exact) mass is 345 g/mol. The number of aryl methyl sites for hydroxylation is 1. The van der Waals surface area contributed by atoms with Gasteiger partial charge in [0.05, 0.1) is 18.9 Å². The molecule has 0 unspecified atom stereocenters. The fourth-order valence-corrected chi connectivity index (χ4v) is 3.21. The Balaban J connectivity index is 1.81. The van der Waals surface area contributed by atoms with Crippen molar-refractivity contribution in [3.05, 3.63) is 66.2 Å². The zero-order chi connectivity index (χ0) is 17.8. The summed E-state index contributed by atoms with van der Waals surface area (Å²) in [7, 11) is 0. The number of anilines is 1. The molecule has 0 aliphatic carbocycles. The summed E-state index contributed by atoms with van der Waals surface area (Å²) in [6.07, 6.45) is 1.00. The number of morpholine rings is 1. The molecule has 1 aliphatic rings. The third-order valence-corrected chi connectivity index (χ3v) is 4.71. The zero-order valence-corrected chi connectivity index (χ0v) is 15.1. The Morgan fingerprint density at radius 3 is 2.42 bits per heavy atom. The molecule has 26 heavy (non-hydrogen) atoms. The second-order valence-electron chi connectivity index (χ2n) is 6.45. The third kappa shape index (κ3) is 3.60.